The van der Waals surface area contributed by atoms with E-state index in [4.69, 9.17) is 12.2 Å². The standard InChI is InChI=1S/C28H25N3OS2/c1-19-8-10-20(11-9-19)17-30-18-21(24-6-4-5-7-25(24)30)16-26-27(32)31(28(33)34-26)23-14-12-22(13-15-23)29(2)3/h4-16,18H,17H2,1-3H3/b26-16-. The van der Waals surface area contributed by atoms with E-state index in [1.807, 2.05) is 55.4 Å². The lowest BCUT2D eigenvalue weighted by molar-refractivity contribution is -0.113. The smallest absolute Gasteiger partial charge is 0.270 e. The van der Waals surface area contributed by atoms with Gasteiger partial charge < -0.3 is 9.47 Å². The molecule has 6 heteroatoms. The van der Waals surface area contributed by atoms with Crippen LogP contribution in [-0.4, -0.2) is 28.9 Å². The third-order valence-electron chi connectivity index (χ3n) is 6.00. The molecule has 1 fully saturated rings. The molecule has 0 bridgehead atoms. The normalized spacial score (nSPS) is 15.0. The fraction of sp³-hybridized carbons (Fsp3) is 0.143. The van der Waals surface area contributed by atoms with Crippen molar-refractivity contribution in [1.82, 2.24) is 4.57 Å². The Bertz CT molecular complexity index is 1420. The van der Waals surface area contributed by atoms with Crippen LogP contribution in [0.2, 0.25) is 0 Å². The van der Waals surface area contributed by atoms with Gasteiger partial charge in [0.15, 0.2) is 4.32 Å². The molecule has 0 atom stereocenters. The van der Waals surface area contributed by atoms with Crippen molar-refractivity contribution in [2.24, 2.45) is 0 Å². The molecule has 0 aliphatic carbocycles. The lowest BCUT2D eigenvalue weighted by Crippen LogP contribution is -2.27. The molecule has 0 N–H and O–H groups in total. The van der Waals surface area contributed by atoms with Crippen molar-refractivity contribution in [1.29, 1.82) is 0 Å². The SMILES string of the molecule is Cc1ccc(Cn2cc(/C=C3\SC(=S)N(c4ccc(N(C)C)cc4)C3=O)c3ccccc32)cc1. The molecule has 4 nitrogen and oxygen atoms in total. The van der Waals surface area contributed by atoms with Crippen molar-refractivity contribution in [3.05, 3.63) is 101 Å². The van der Waals surface area contributed by atoms with Gasteiger partial charge in [-0.3, -0.25) is 9.69 Å². The molecule has 1 aromatic heterocycles. The molecule has 0 saturated carbocycles. The van der Waals surface area contributed by atoms with Gasteiger partial charge in [0, 0.05) is 49.0 Å². The zero-order chi connectivity index (χ0) is 23.8. The fourth-order valence-electron chi connectivity index (χ4n) is 4.14. The molecule has 0 unspecified atom stereocenters. The maximum Gasteiger partial charge on any atom is 0.270 e. The van der Waals surface area contributed by atoms with Gasteiger partial charge in [-0.15, -0.1) is 0 Å². The van der Waals surface area contributed by atoms with Gasteiger partial charge >= 0.3 is 0 Å². The summed E-state index contributed by atoms with van der Waals surface area (Å²) in [6.07, 6.45) is 4.10. The Balaban J connectivity index is 1.48. The third-order valence-corrected chi connectivity index (χ3v) is 7.30. The van der Waals surface area contributed by atoms with E-state index in [-0.39, 0.29) is 5.91 Å². The number of para-hydroxylation sites is 1. The number of carbonyl (C=O) groups is 1. The lowest BCUT2D eigenvalue weighted by atomic mass is 10.1. The predicted molar refractivity (Wildman–Crippen MR) is 149 cm³/mol. The molecule has 5 rings (SSSR count). The van der Waals surface area contributed by atoms with Gasteiger partial charge in [0.2, 0.25) is 0 Å². The number of hydrogen-bond acceptors (Lipinski definition) is 4. The summed E-state index contributed by atoms with van der Waals surface area (Å²) >= 11 is 6.94. The van der Waals surface area contributed by atoms with Gasteiger partial charge in [-0.05, 0) is 48.9 Å². The van der Waals surface area contributed by atoms with Crippen molar-refractivity contribution >= 4 is 62.6 Å². The van der Waals surface area contributed by atoms with Crippen LogP contribution in [0.3, 0.4) is 0 Å². The van der Waals surface area contributed by atoms with Gasteiger partial charge in [-0.1, -0.05) is 72.0 Å². The second-order valence-corrected chi connectivity index (χ2v) is 10.3. The molecule has 34 heavy (non-hydrogen) atoms. The van der Waals surface area contributed by atoms with E-state index < -0.39 is 0 Å². The first-order chi connectivity index (χ1) is 16.4. The Labute approximate surface area is 209 Å². The van der Waals surface area contributed by atoms with E-state index in [0.717, 1.165) is 34.4 Å². The largest absolute Gasteiger partial charge is 0.378 e. The first-order valence-electron chi connectivity index (χ1n) is 11.1. The quantitative estimate of drug-likeness (QED) is 0.240. The highest BCUT2D eigenvalue weighted by atomic mass is 32.2. The molecule has 1 aliphatic heterocycles. The monoisotopic (exact) mass is 483 g/mol. The average molecular weight is 484 g/mol. The summed E-state index contributed by atoms with van der Waals surface area (Å²) in [5.41, 5.74) is 6.52. The molecular formula is C28H25N3OS2. The van der Waals surface area contributed by atoms with Crippen LogP contribution in [0.4, 0.5) is 11.4 Å². The Morgan fingerprint density at radius 3 is 2.38 bits per heavy atom. The van der Waals surface area contributed by atoms with E-state index in [1.54, 1.807) is 4.90 Å². The second-order valence-electron chi connectivity index (χ2n) is 8.64. The number of nitrogens with zero attached hydrogens (tertiary/aromatic N) is 3. The summed E-state index contributed by atoms with van der Waals surface area (Å²) in [4.78, 5) is 17.6. The maximum absolute atomic E-state index is 13.3. The molecule has 4 aromatic rings. The highest BCUT2D eigenvalue weighted by molar-refractivity contribution is 8.27. The number of aromatic nitrogens is 1. The van der Waals surface area contributed by atoms with Crippen molar-refractivity contribution in [2.75, 3.05) is 23.9 Å². The summed E-state index contributed by atoms with van der Waals surface area (Å²) in [5.74, 6) is -0.0806. The molecular weight excluding hydrogens is 458 g/mol. The van der Waals surface area contributed by atoms with Crippen molar-refractivity contribution < 1.29 is 4.79 Å². The molecule has 1 aliphatic rings. The number of thioether (sulfide) groups is 1. The lowest BCUT2D eigenvalue weighted by Gasteiger charge is -2.17. The van der Waals surface area contributed by atoms with Crippen LogP contribution in [0.1, 0.15) is 16.7 Å². The summed E-state index contributed by atoms with van der Waals surface area (Å²) in [6.45, 7) is 2.87. The molecule has 3 aromatic carbocycles. The van der Waals surface area contributed by atoms with Gasteiger partial charge in [0.25, 0.3) is 5.91 Å². The molecule has 170 valence electrons. The molecule has 1 amide bonds. The van der Waals surface area contributed by atoms with Gasteiger partial charge in [-0.2, -0.15) is 0 Å². The minimum atomic E-state index is -0.0806. The number of aryl methyl sites for hydroxylation is 1. The Morgan fingerprint density at radius 2 is 1.68 bits per heavy atom. The van der Waals surface area contributed by atoms with E-state index in [0.29, 0.717) is 9.23 Å². The Morgan fingerprint density at radius 1 is 0.971 bits per heavy atom. The highest BCUT2D eigenvalue weighted by Gasteiger charge is 2.33. The highest BCUT2D eigenvalue weighted by Crippen LogP contribution is 2.37. The number of benzene rings is 3. The predicted octanol–water partition coefficient (Wildman–Crippen LogP) is 6.47. The minimum Gasteiger partial charge on any atom is -0.378 e. The van der Waals surface area contributed by atoms with E-state index >= 15 is 0 Å². The van der Waals surface area contributed by atoms with Gasteiger partial charge in [0.05, 0.1) is 10.6 Å². The van der Waals surface area contributed by atoms with Crippen LogP contribution in [0.5, 0.6) is 0 Å². The first-order valence-corrected chi connectivity index (χ1v) is 12.3. The van der Waals surface area contributed by atoms with E-state index in [1.165, 1.54) is 22.9 Å². The minimum absolute atomic E-state index is 0.0806. The zero-order valence-electron chi connectivity index (χ0n) is 19.4. The fourth-order valence-corrected chi connectivity index (χ4v) is 5.43. The van der Waals surface area contributed by atoms with Crippen LogP contribution in [0.25, 0.3) is 17.0 Å². The van der Waals surface area contributed by atoms with Crippen molar-refractivity contribution in [2.45, 2.75) is 13.5 Å². The average Bonchev–Trinajstić information content (AvgIpc) is 3.31. The van der Waals surface area contributed by atoms with Gasteiger partial charge in [-0.25, -0.2) is 0 Å². The summed E-state index contributed by atoms with van der Waals surface area (Å²) in [7, 11) is 3.99. The van der Waals surface area contributed by atoms with Gasteiger partial charge in [0.1, 0.15) is 0 Å². The topological polar surface area (TPSA) is 28.5 Å². The number of rotatable bonds is 5. The van der Waals surface area contributed by atoms with Crippen LogP contribution in [-0.2, 0) is 11.3 Å². The summed E-state index contributed by atoms with van der Waals surface area (Å²) in [6, 6.07) is 24.8. The zero-order valence-corrected chi connectivity index (χ0v) is 21.0. The molecule has 0 spiro atoms. The van der Waals surface area contributed by atoms with Crippen molar-refractivity contribution in [3.63, 3.8) is 0 Å². The Kier molecular flexibility index (Phi) is 6.02. The number of carbonyl (C=O) groups excluding carboxylic acids is 1. The van der Waals surface area contributed by atoms with E-state index in [2.05, 4.69) is 60.2 Å². The molecule has 1 saturated heterocycles. The van der Waals surface area contributed by atoms with E-state index in [9.17, 15) is 4.79 Å². The third kappa shape index (κ3) is 4.27. The number of anilines is 2. The summed E-state index contributed by atoms with van der Waals surface area (Å²) in [5, 5.41) is 1.12. The first kappa shape index (κ1) is 22.4. The van der Waals surface area contributed by atoms with Crippen LogP contribution in [0, 0.1) is 6.92 Å². The van der Waals surface area contributed by atoms with Crippen LogP contribution in [0.15, 0.2) is 83.9 Å². The Hall–Kier alpha value is -3.35. The van der Waals surface area contributed by atoms with Crippen LogP contribution >= 0.6 is 24.0 Å². The van der Waals surface area contributed by atoms with Crippen molar-refractivity contribution in [3.8, 4) is 0 Å². The number of thiocarbonyl (C=S) groups is 1. The number of fused-ring (bicyclic) bond motifs is 1. The molecule has 0 radical (unpaired) electrons. The summed E-state index contributed by atoms with van der Waals surface area (Å²) < 4.78 is 2.80. The molecule has 2 heterocycles. The second kappa shape index (κ2) is 9.12. The maximum atomic E-state index is 13.3. The van der Waals surface area contributed by atoms with Crippen LogP contribution < -0.4 is 9.80 Å². The number of hydrogen-bond donors (Lipinski definition) is 0. The number of amides is 1.